The largest absolute Gasteiger partial charge is 0.339 e. The summed E-state index contributed by atoms with van der Waals surface area (Å²) in [7, 11) is 0. The van der Waals surface area contributed by atoms with Crippen molar-refractivity contribution in [3.05, 3.63) is 34.9 Å². The number of hydrogen-bond donors (Lipinski definition) is 2. The fourth-order valence-electron chi connectivity index (χ4n) is 3.28. The van der Waals surface area contributed by atoms with E-state index in [0.717, 1.165) is 31.4 Å². The molecule has 130 valence electrons. The van der Waals surface area contributed by atoms with Gasteiger partial charge in [0.15, 0.2) is 0 Å². The maximum Gasteiger partial charge on any atom is 0.315 e. The molecule has 3 amide bonds. The first-order chi connectivity index (χ1) is 11.6. The molecule has 2 fully saturated rings. The molecule has 1 aliphatic carbocycles. The smallest absolute Gasteiger partial charge is 0.315 e. The third-order valence-corrected chi connectivity index (χ3v) is 4.98. The average Bonchev–Trinajstić information content (AvgIpc) is 3.33. The van der Waals surface area contributed by atoms with Crippen molar-refractivity contribution in [1.82, 2.24) is 15.5 Å². The van der Waals surface area contributed by atoms with Gasteiger partial charge in [0.2, 0.25) is 5.91 Å². The van der Waals surface area contributed by atoms with Crippen LogP contribution in [0.2, 0.25) is 5.02 Å². The standard InChI is InChI=1S/C18H24ClN3O2/c1-2-16(13-4-3-5-14(19)9-13)21-18(24)20-10-12-8-17(23)22(11-12)15-6-7-15/h3-5,9,12,15-16H,2,6-8,10-11H2,1H3,(H2,20,21,24)/t12-,16-/m0/s1. The van der Waals surface area contributed by atoms with Gasteiger partial charge >= 0.3 is 6.03 Å². The number of carbonyl (C=O) groups is 2. The Labute approximate surface area is 147 Å². The summed E-state index contributed by atoms with van der Waals surface area (Å²) in [4.78, 5) is 26.1. The number of halogens is 1. The van der Waals surface area contributed by atoms with E-state index < -0.39 is 0 Å². The Bertz CT molecular complexity index is 618. The first-order valence-corrected chi connectivity index (χ1v) is 9.04. The molecule has 0 radical (unpaired) electrons. The van der Waals surface area contributed by atoms with E-state index in [1.54, 1.807) is 0 Å². The highest BCUT2D eigenvalue weighted by Gasteiger charge is 2.39. The van der Waals surface area contributed by atoms with Crippen LogP contribution in [0.3, 0.4) is 0 Å². The quantitative estimate of drug-likeness (QED) is 0.829. The number of hydrogen-bond acceptors (Lipinski definition) is 2. The van der Waals surface area contributed by atoms with Gasteiger partial charge in [-0.1, -0.05) is 30.7 Å². The van der Waals surface area contributed by atoms with Crippen molar-refractivity contribution >= 4 is 23.5 Å². The zero-order valence-corrected chi connectivity index (χ0v) is 14.7. The first kappa shape index (κ1) is 17.1. The molecule has 1 aliphatic heterocycles. The molecule has 24 heavy (non-hydrogen) atoms. The minimum atomic E-state index is -0.195. The Kier molecular flexibility index (Phi) is 5.29. The second-order valence-electron chi connectivity index (χ2n) is 6.72. The number of amides is 3. The molecule has 3 rings (SSSR count). The first-order valence-electron chi connectivity index (χ1n) is 8.66. The SMILES string of the molecule is CC[C@H](NC(=O)NC[C@@H]1CC(=O)N(C2CC2)C1)c1cccc(Cl)c1. The Balaban J connectivity index is 1.47. The molecule has 5 nitrogen and oxygen atoms in total. The van der Waals surface area contributed by atoms with Crippen LogP contribution in [0.15, 0.2) is 24.3 Å². The molecule has 2 aliphatic rings. The van der Waals surface area contributed by atoms with Crippen LogP contribution in [0, 0.1) is 5.92 Å². The lowest BCUT2D eigenvalue weighted by Gasteiger charge is -2.19. The molecular weight excluding hydrogens is 326 g/mol. The van der Waals surface area contributed by atoms with Crippen molar-refractivity contribution in [1.29, 1.82) is 0 Å². The van der Waals surface area contributed by atoms with Crippen LogP contribution in [-0.2, 0) is 4.79 Å². The fourth-order valence-corrected chi connectivity index (χ4v) is 3.47. The van der Waals surface area contributed by atoms with Crippen LogP contribution in [-0.4, -0.2) is 36.0 Å². The Morgan fingerprint density at radius 3 is 2.88 bits per heavy atom. The molecule has 1 aromatic rings. The summed E-state index contributed by atoms with van der Waals surface area (Å²) in [5.41, 5.74) is 0.996. The van der Waals surface area contributed by atoms with Crippen molar-refractivity contribution in [2.45, 2.75) is 44.7 Å². The monoisotopic (exact) mass is 349 g/mol. The number of nitrogens with one attached hydrogen (secondary N) is 2. The zero-order valence-electron chi connectivity index (χ0n) is 13.9. The molecule has 0 aromatic heterocycles. The third-order valence-electron chi connectivity index (χ3n) is 4.74. The number of rotatable bonds is 6. The number of urea groups is 1. The summed E-state index contributed by atoms with van der Waals surface area (Å²) in [6.07, 6.45) is 3.59. The van der Waals surface area contributed by atoms with E-state index in [1.165, 1.54) is 0 Å². The normalized spacial score (nSPS) is 21.7. The van der Waals surface area contributed by atoms with Gasteiger partial charge in [0.25, 0.3) is 0 Å². The summed E-state index contributed by atoms with van der Waals surface area (Å²) in [5, 5.41) is 6.56. The second kappa shape index (κ2) is 7.43. The summed E-state index contributed by atoms with van der Waals surface area (Å²) < 4.78 is 0. The van der Waals surface area contributed by atoms with Crippen LogP contribution < -0.4 is 10.6 Å². The van der Waals surface area contributed by atoms with Crippen molar-refractivity contribution < 1.29 is 9.59 Å². The van der Waals surface area contributed by atoms with Crippen LogP contribution in [0.5, 0.6) is 0 Å². The second-order valence-corrected chi connectivity index (χ2v) is 7.15. The van der Waals surface area contributed by atoms with E-state index in [4.69, 9.17) is 11.6 Å². The van der Waals surface area contributed by atoms with E-state index in [0.29, 0.717) is 24.0 Å². The number of nitrogens with zero attached hydrogens (tertiary/aromatic N) is 1. The molecule has 1 aromatic carbocycles. The van der Waals surface area contributed by atoms with Crippen LogP contribution >= 0.6 is 11.6 Å². The van der Waals surface area contributed by atoms with E-state index >= 15 is 0 Å². The van der Waals surface area contributed by atoms with Crippen molar-refractivity contribution in [2.75, 3.05) is 13.1 Å². The van der Waals surface area contributed by atoms with Crippen molar-refractivity contribution in [2.24, 2.45) is 5.92 Å². The number of carbonyl (C=O) groups excluding carboxylic acids is 2. The summed E-state index contributed by atoms with van der Waals surface area (Å²) >= 11 is 6.02. The van der Waals surface area contributed by atoms with E-state index in [9.17, 15) is 9.59 Å². The minimum absolute atomic E-state index is 0.0723. The highest BCUT2D eigenvalue weighted by Crippen LogP contribution is 2.32. The van der Waals surface area contributed by atoms with Gasteiger partial charge in [0.1, 0.15) is 0 Å². The zero-order chi connectivity index (χ0) is 17.1. The van der Waals surface area contributed by atoms with E-state index in [-0.39, 0.29) is 23.9 Å². The predicted molar refractivity (Wildman–Crippen MR) is 93.9 cm³/mol. The van der Waals surface area contributed by atoms with Gasteiger partial charge in [-0.3, -0.25) is 4.79 Å². The maximum atomic E-state index is 12.2. The minimum Gasteiger partial charge on any atom is -0.339 e. The van der Waals surface area contributed by atoms with E-state index in [2.05, 4.69) is 10.6 Å². The van der Waals surface area contributed by atoms with E-state index in [1.807, 2.05) is 36.1 Å². The molecule has 1 heterocycles. The lowest BCUT2D eigenvalue weighted by atomic mass is 10.0. The molecule has 0 bridgehead atoms. The molecule has 0 spiro atoms. The number of benzene rings is 1. The summed E-state index contributed by atoms with van der Waals surface area (Å²) in [6, 6.07) is 7.74. The third kappa shape index (κ3) is 4.20. The fraction of sp³-hybridized carbons (Fsp3) is 0.556. The molecule has 6 heteroatoms. The highest BCUT2D eigenvalue weighted by atomic mass is 35.5. The number of likely N-dealkylation sites (tertiary alicyclic amines) is 1. The molecule has 2 N–H and O–H groups in total. The maximum absolute atomic E-state index is 12.2. The van der Waals surface area contributed by atoms with Gasteiger partial charge in [0.05, 0.1) is 6.04 Å². The van der Waals surface area contributed by atoms with Gasteiger partial charge in [-0.25, -0.2) is 4.79 Å². The lowest BCUT2D eigenvalue weighted by Crippen LogP contribution is -2.40. The molecule has 1 saturated heterocycles. The topological polar surface area (TPSA) is 61.4 Å². The van der Waals surface area contributed by atoms with Gasteiger partial charge in [-0.2, -0.15) is 0 Å². The Morgan fingerprint density at radius 2 is 2.21 bits per heavy atom. The predicted octanol–water partition coefficient (Wildman–Crippen LogP) is 3.10. The average molecular weight is 350 g/mol. The van der Waals surface area contributed by atoms with Gasteiger partial charge in [-0.15, -0.1) is 0 Å². The van der Waals surface area contributed by atoms with Crippen molar-refractivity contribution in [3.8, 4) is 0 Å². The molecule has 2 atom stereocenters. The lowest BCUT2D eigenvalue weighted by molar-refractivity contribution is -0.128. The van der Waals surface area contributed by atoms with Gasteiger partial charge in [-0.05, 0) is 37.0 Å². The molecular formula is C18H24ClN3O2. The van der Waals surface area contributed by atoms with Crippen LogP contribution in [0.25, 0.3) is 0 Å². The van der Waals surface area contributed by atoms with Gasteiger partial charge in [0, 0.05) is 36.5 Å². The van der Waals surface area contributed by atoms with Crippen LogP contribution in [0.4, 0.5) is 4.79 Å². The molecule has 1 saturated carbocycles. The Hall–Kier alpha value is -1.75. The van der Waals surface area contributed by atoms with Crippen molar-refractivity contribution in [3.63, 3.8) is 0 Å². The Morgan fingerprint density at radius 1 is 1.42 bits per heavy atom. The molecule has 0 unspecified atom stereocenters. The summed E-state index contributed by atoms with van der Waals surface area (Å²) in [5.74, 6) is 0.449. The highest BCUT2D eigenvalue weighted by molar-refractivity contribution is 6.30. The van der Waals surface area contributed by atoms with Crippen LogP contribution in [0.1, 0.15) is 44.2 Å². The van der Waals surface area contributed by atoms with Gasteiger partial charge < -0.3 is 15.5 Å². The summed E-state index contributed by atoms with van der Waals surface area (Å²) in [6.45, 7) is 3.33.